The molecule has 0 saturated carbocycles. The number of hydrogen-bond acceptors (Lipinski definition) is 10. The number of esters is 1. The molecular formula is C58H78N6O5S2. The number of likely N-dealkylation sites (tertiary alicyclic amines) is 2. The summed E-state index contributed by atoms with van der Waals surface area (Å²) in [5.41, 5.74) is 12.3. The molecule has 2 amide bonds. The largest absolute Gasteiger partial charge is 0.469 e. The average molecular weight is 1000 g/mol. The van der Waals surface area contributed by atoms with Crippen LogP contribution in [0.5, 0.6) is 0 Å². The van der Waals surface area contributed by atoms with E-state index in [0.29, 0.717) is 17.5 Å². The number of aryl methyl sites for hydroxylation is 1. The van der Waals surface area contributed by atoms with Crippen LogP contribution in [0.25, 0.3) is 22.5 Å². The number of ether oxygens (including phenoxy) is 2. The standard InChI is InChI=1S/C31H40N4O3S.C27H38N2O2S/c1-20-15-23(17-28(37)38-6)33-35(20)18-27(36)34-13-9-21(10-14-34)29-32-26(19-39-29)22-7-8-24-25(16-22)31(4,5)12-11-30(24,2)3;1-25(2,3)31-24(30)29-14-10-18(11-15-29)23-28-22(17-32-23)19-8-9-20-21(16-19)27(6,7)13-12-26(20,4)5/h7-8,15-16,19,21H,9-14,17-18H2,1-6H3;8-9,16-18H,10-15H2,1-7H3. The van der Waals surface area contributed by atoms with Crippen LogP contribution >= 0.6 is 22.7 Å². The van der Waals surface area contributed by atoms with Crippen LogP contribution in [-0.4, -0.2) is 86.4 Å². The SMILES string of the molecule is CC(C)(C)OC(=O)N1CCC(c2nc(-c3ccc4c(c3)C(C)(C)CCC4(C)C)cs2)CC1.COC(=O)Cc1cc(C)n(CC(=O)N2CCC(c3nc(-c4ccc5c(c4)C(C)(C)CCC5(C)C)cs3)CC2)n1. The number of carbonyl (C=O) groups is 3. The van der Waals surface area contributed by atoms with Gasteiger partial charge >= 0.3 is 12.1 Å². The second-order valence-electron chi connectivity index (χ2n) is 24.3. The molecule has 0 bridgehead atoms. The Balaban J connectivity index is 0.000000194. The maximum absolute atomic E-state index is 13.0. The Bertz CT molecular complexity index is 2740. The summed E-state index contributed by atoms with van der Waals surface area (Å²) in [6.45, 7) is 29.6. The smallest absolute Gasteiger partial charge is 0.410 e. The van der Waals surface area contributed by atoms with Crippen molar-refractivity contribution in [1.29, 1.82) is 0 Å². The van der Waals surface area contributed by atoms with Gasteiger partial charge in [-0.15, -0.1) is 22.7 Å². The Morgan fingerprint density at radius 2 is 1.08 bits per heavy atom. The van der Waals surface area contributed by atoms with Gasteiger partial charge in [-0.3, -0.25) is 14.3 Å². The fraction of sp³-hybridized carbons (Fsp3) is 0.586. The van der Waals surface area contributed by atoms with Gasteiger partial charge in [-0.1, -0.05) is 79.7 Å². The molecule has 2 saturated heterocycles. The molecule has 2 aliphatic carbocycles. The fourth-order valence-corrected chi connectivity index (χ4v) is 13.0. The molecule has 0 atom stereocenters. The average Bonchev–Trinajstić information content (AvgIpc) is 4.10. The molecule has 3 aromatic heterocycles. The molecule has 2 fully saturated rings. The third kappa shape index (κ3) is 11.8. The molecule has 2 aliphatic heterocycles. The zero-order valence-electron chi connectivity index (χ0n) is 44.8. The van der Waals surface area contributed by atoms with Crippen molar-refractivity contribution in [2.24, 2.45) is 0 Å². The molecule has 9 rings (SSSR count). The van der Waals surface area contributed by atoms with Crippen LogP contribution in [0.15, 0.2) is 53.2 Å². The van der Waals surface area contributed by atoms with Gasteiger partial charge in [0, 0.05) is 65.6 Å². The highest BCUT2D eigenvalue weighted by molar-refractivity contribution is 7.10. The molecule has 0 N–H and O–H groups in total. The first-order valence-electron chi connectivity index (χ1n) is 25.9. The van der Waals surface area contributed by atoms with Gasteiger partial charge < -0.3 is 19.3 Å². The molecule has 13 heteroatoms. The summed E-state index contributed by atoms with van der Waals surface area (Å²) in [5.74, 6) is 0.515. The number of nitrogens with zero attached hydrogens (tertiary/aromatic N) is 6. The van der Waals surface area contributed by atoms with Gasteiger partial charge in [0.2, 0.25) is 5.91 Å². The topological polar surface area (TPSA) is 120 Å². The van der Waals surface area contributed by atoms with Gasteiger partial charge in [0.25, 0.3) is 0 Å². The minimum atomic E-state index is -0.448. The summed E-state index contributed by atoms with van der Waals surface area (Å²) < 4.78 is 11.9. The zero-order chi connectivity index (χ0) is 51.3. The van der Waals surface area contributed by atoms with Crippen molar-refractivity contribution < 1.29 is 23.9 Å². The van der Waals surface area contributed by atoms with Crippen molar-refractivity contribution in [2.45, 2.75) is 187 Å². The monoisotopic (exact) mass is 1000 g/mol. The van der Waals surface area contributed by atoms with Gasteiger partial charge in [-0.25, -0.2) is 14.8 Å². The van der Waals surface area contributed by atoms with Crippen LogP contribution in [-0.2, 0) is 53.7 Å². The minimum absolute atomic E-state index is 0.0590. The number of thiazole rings is 2. The number of carbonyl (C=O) groups excluding carboxylic acids is 3. The van der Waals surface area contributed by atoms with Crippen LogP contribution in [0.4, 0.5) is 4.79 Å². The summed E-state index contributed by atoms with van der Waals surface area (Å²) in [5, 5.41) is 11.2. The number of hydrogen-bond donors (Lipinski definition) is 0. The molecule has 0 spiro atoms. The van der Waals surface area contributed by atoms with Crippen molar-refractivity contribution in [3.63, 3.8) is 0 Å². The van der Waals surface area contributed by atoms with E-state index in [9.17, 15) is 14.4 Å². The minimum Gasteiger partial charge on any atom is -0.469 e. The highest BCUT2D eigenvalue weighted by atomic mass is 32.1. The Labute approximate surface area is 431 Å². The van der Waals surface area contributed by atoms with E-state index in [1.54, 1.807) is 27.4 Å². The lowest BCUT2D eigenvalue weighted by Gasteiger charge is -2.42. The molecule has 0 unspecified atom stereocenters. The number of fused-ring (bicyclic) bond motifs is 2. The van der Waals surface area contributed by atoms with Crippen molar-refractivity contribution in [2.75, 3.05) is 33.3 Å². The molecule has 382 valence electrons. The number of methoxy groups -OCH3 is 1. The zero-order valence-corrected chi connectivity index (χ0v) is 46.4. The molecule has 11 nitrogen and oxygen atoms in total. The Morgan fingerprint density at radius 3 is 1.52 bits per heavy atom. The molecule has 4 aliphatic rings. The predicted octanol–water partition coefficient (Wildman–Crippen LogP) is 13.1. The Hall–Kier alpha value is -4.88. The van der Waals surface area contributed by atoms with E-state index >= 15 is 0 Å². The van der Waals surface area contributed by atoms with Gasteiger partial charge in [-0.2, -0.15) is 5.10 Å². The van der Waals surface area contributed by atoms with Crippen molar-refractivity contribution in [3.8, 4) is 22.5 Å². The van der Waals surface area contributed by atoms with Gasteiger partial charge in [0.15, 0.2) is 0 Å². The van der Waals surface area contributed by atoms with E-state index in [1.807, 2.05) is 43.6 Å². The van der Waals surface area contributed by atoms with Crippen molar-refractivity contribution >= 4 is 40.6 Å². The lowest BCUT2D eigenvalue weighted by molar-refractivity contribution is -0.139. The lowest BCUT2D eigenvalue weighted by atomic mass is 9.63. The maximum atomic E-state index is 13.0. The second kappa shape index (κ2) is 20.2. The van der Waals surface area contributed by atoms with Crippen molar-refractivity contribution in [3.05, 3.63) is 96.9 Å². The highest BCUT2D eigenvalue weighted by Gasteiger charge is 2.39. The lowest BCUT2D eigenvalue weighted by Crippen LogP contribution is -2.41. The third-order valence-corrected chi connectivity index (χ3v) is 17.9. The normalized spacial score (nSPS) is 19.5. The molecule has 5 heterocycles. The predicted molar refractivity (Wildman–Crippen MR) is 287 cm³/mol. The van der Waals surface area contributed by atoms with E-state index < -0.39 is 5.60 Å². The molecule has 71 heavy (non-hydrogen) atoms. The van der Waals surface area contributed by atoms with E-state index in [4.69, 9.17) is 19.4 Å². The van der Waals surface area contributed by atoms with Crippen LogP contribution in [0, 0.1) is 6.92 Å². The third-order valence-electron chi connectivity index (χ3n) is 15.9. The van der Waals surface area contributed by atoms with Crippen LogP contribution in [0.1, 0.15) is 183 Å². The van der Waals surface area contributed by atoms with Gasteiger partial charge in [0.1, 0.15) is 12.1 Å². The molecule has 2 aromatic carbocycles. The summed E-state index contributed by atoms with van der Waals surface area (Å²) in [6.07, 6.45) is 8.48. The molecular weight excluding hydrogens is 925 g/mol. The maximum Gasteiger partial charge on any atom is 0.410 e. The summed E-state index contributed by atoms with van der Waals surface area (Å²) >= 11 is 3.51. The Kier molecular flexibility index (Phi) is 14.9. The number of piperidine rings is 2. The van der Waals surface area contributed by atoms with E-state index in [-0.39, 0.29) is 52.6 Å². The van der Waals surface area contributed by atoms with Crippen LogP contribution < -0.4 is 0 Å². The molecule has 0 radical (unpaired) electrons. The van der Waals surface area contributed by atoms with Crippen molar-refractivity contribution in [1.82, 2.24) is 29.5 Å². The van der Waals surface area contributed by atoms with E-state index in [2.05, 4.69) is 108 Å². The van der Waals surface area contributed by atoms with Crippen LogP contribution in [0.2, 0.25) is 0 Å². The number of rotatable bonds is 8. The van der Waals surface area contributed by atoms with E-state index in [0.717, 1.165) is 68.9 Å². The quantitative estimate of drug-likeness (QED) is 0.141. The number of amides is 2. The molecule has 5 aromatic rings. The first kappa shape index (κ1) is 52.4. The number of benzene rings is 2. The van der Waals surface area contributed by atoms with Gasteiger partial charge in [-0.05, 0) is 141 Å². The first-order valence-corrected chi connectivity index (χ1v) is 27.7. The van der Waals surface area contributed by atoms with Crippen LogP contribution in [0.3, 0.4) is 0 Å². The second-order valence-corrected chi connectivity index (χ2v) is 26.1. The Morgan fingerprint density at radius 1 is 0.648 bits per heavy atom. The highest BCUT2D eigenvalue weighted by Crippen LogP contribution is 2.49. The van der Waals surface area contributed by atoms with E-state index in [1.165, 1.54) is 76.2 Å². The summed E-state index contributed by atoms with van der Waals surface area (Å²) in [6, 6.07) is 15.8. The summed E-state index contributed by atoms with van der Waals surface area (Å²) in [4.78, 5) is 50.8. The summed E-state index contributed by atoms with van der Waals surface area (Å²) in [7, 11) is 1.36. The fourth-order valence-electron chi connectivity index (χ4n) is 11.0. The first-order chi connectivity index (χ1) is 33.3. The number of aromatic nitrogens is 4. The van der Waals surface area contributed by atoms with Gasteiger partial charge in [0.05, 0.1) is 40.6 Å².